The zero-order valence-electron chi connectivity index (χ0n) is 25.9. The number of ether oxygens (including phenoxy) is 2. The summed E-state index contributed by atoms with van der Waals surface area (Å²) in [6, 6.07) is 19.6. The SMILES string of the molecule is CC(=O)N1CC2CC(c3ccc(OCCOc4cccc(Cl)c4Cl)cc3)=C(C(=O)N(Cc3cccc(C)c3C)C3CC3)[C@@H](C1)N2. The topological polar surface area (TPSA) is 71.1 Å². The molecule has 0 spiro atoms. The summed E-state index contributed by atoms with van der Waals surface area (Å²) < 4.78 is 11.7. The number of aryl methyl sites for hydroxylation is 1. The van der Waals surface area contributed by atoms with Gasteiger partial charge in [-0.3, -0.25) is 9.59 Å². The quantitative estimate of drug-likeness (QED) is 0.251. The van der Waals surface area contributed by atoms with Gasteiger partial charge in [-0.05, 0) is 85.2 Å². The van der Waals surface area contributed by atoms with Crippen LogP contribution in [0.15, 0.2) is 66.2 Å². The highest BCUT2D eigenvalue weighted by Gasteiger charge is 2.43. The number of carbonyl (C=O) groups is 2. The molecular formula is C36H39Cl2N3O4. The van der Waals surface area contributed by atoms with E-state index in [0.717, 1.165) is 29.6 Å². The highest BCUT2D eigenvalue weighted by Crippen LogP contribution is 2.38. The van der Waals surface area contributed by atoms with Crippen molar-refractivity contribution < 1.29 is 19.1 Å². The van der Waals surface area contributed by atoms with Crippen LogP contribution in [0, 0.1) is 13.8 Å². The average Bonchev–Trinajstić information content (AvgIpc) is 3.87. The molecule has 1 saturated heterocycles. The highest BCUT2D eigenvalue weighted by molar-refractivity contribution is 6.42. The van der Waals surface area contributed by atoms with E-state index in [4.69, 9.17) is 32.7 Å². The zero-order valence-corrected chi connectivity index (χ0v) is 27.5. The predicted molar refractivity (Wildman–Crippen MR) is 178 cm³/mol. The number of piperazine rings is 1. The van der Waals surface area contributed by atoms with Crippen LogP contribution in [0.1, 0.15) is 48.4 Å². The van der Waals surface area contributed by atoms with E-state index in [-0.39, 0.29) is 29.9 Å². The molecule has 3 aromatic rings. The predicted octanol–water partition coefficient (Wildman–Crippen LogP) is 6.61. The molecule has 3 aromatic carbocycles. The van der Waals surface area contributed by atoms with Crippen molar-refractivity contribution in [2.75, 3.05) is 26.3 Å². The number of nitrogens with one attached hydrogen (secondary N) is 1. The molecule has 1 aliphatic carbocycles. The summed E-state index contributed by atoms with van der Waals surface area (Å²) in [5, 5.41) is 4.51. The maximum atomic E-state index is 14.6. The second-order valence-electron chi connectivity index (χ2n) is 12.2. The Balaban J connectivity index is 1.24. The van der Waals surface area contributed by atoms with Crippen LogP contribution in [0.5, 0.6) is 11.5 Å². The van der Waals surface area contributed by atoms with Gasteiger partial charge in [-0.25, -0.2) is 0 Å². The Kier molecular flexibility index (Phi) is 9.41. The van der Waals surface area contributed by atoms with Gasteiger partial charge in [0.15, 0.2) is 0 Å². The molecule has 1 unspecified atom stereocenters. The highest BCUT2D eigenvalue weighted by atomic mass is 35.5. The Bertz CT molecular complexity index is 1620. The monoisotopic (exact) mass is 647 g/mol. The molecule has 0 aromatic heterocycles. The fourth-order valence-corrected chi connectivity index (χ4v) is 6.70. The number of rotatable bonds is 10. The molecule has 2 bridgehead atoms. The summed E-state index contributed by atoms with van der Waals surface area (Å²) in [4.78, 5) is 31.0. The van der Waals surface area contributed by atoms with E-state index in [0.29, 0.717) is 60.8 Å². The number of hydrogen-bond donors (Lipinski definition) is 1. The Morgan fingerprint density at radius 2 is 1.69 bits per heavy atom. The largest absolute Gasteiger partial charge is 0.490 e. The van der Waals surface area contributed by atoms with Crippen molar-refractivity contribution >= 4 is 40.6 Å². The molecule has 236 valence electrons. The molecular weight excluding hydrogens is 609 g/mol. The van der Waals surface area contributed by atoms with E-state index < -0.39 is 0 Å². The van der Waals surface area contributed by atoms with Gasteiger partial charge in [0.2, 0.25) is 5.91 Å². The lowest BCUT2D eigenvalue weighted by Gasteiger charge is -2.44. The number of halogens is 2. The Labute approximate surface area is 275 Å². The van der Waals surface area contributed by atoms with Gasteiger partial charge < -0.3 is 24.6 Å². The summed E-state index contributed by atoms with van der Waals surface area (Å²) in [5.41, 5.74) is 6.45. The van der Waals surface area contributed by atoms with Crippen molar-refractivity contribution in [1.29, 1.82) is 0 Å². The average molecular weight is 649 g/mol. The minimum Gasteiger partial charge on any atom is -0.490 e. The summed E-state index contributed by atoms with van der Waals surface area (Å²) in [6.07, 6.45) is 2.69. The lowest BCUT2D eigenvalue weighted by molar-refractivity contribution is -0.132. The summed E-state index contributed by atoms with van der Waals surface area (Å²) in [6.45, 7) is 8.18. The molecule has 2 amide bonds. The van der Waals surface area contributed by atoms with Crippen LogP contribution >= 0.6 is 23.2 Å². The Morgan fingerprint density at radius 1 is 0.956 bits per heavy atom. The van der Waals surface area contributed by atoms with Crippen molar-refractivity contribution in [3.63, 3.8) is 0 Å². The second kappa shape index (κ2) is 13.5. The molecule has 9 heteroatoms. The molecule has 3 aliphatic rings. The minimum absolute atomic E-state index is 0.0410. The summed E-state index contributed by atoms with van der Waals surface area (Å²) >= 11 is 12.3. The van der Waals surface area contributed by atoms with Crippen LogP contribution in [0.25, 0.3) is 5.57 Å². The van der Waals surface area contributed by atoms with E-state index in [1.807, 2.05) is 29.2 Å². The van der Waals surface area contributed by atoms with Gasteiger partial charge in [-0.15, -0.1) is 0 Å². The van der Waals surface area contributed by atoms with Crippen LogP contribution in [0.3, 0.4) is 0 Å². The fraction of sp³-hybridized carbons (Fsp3) is 0.389. The Morgan fingerprint density at radius 3 is 2.42 bits per heavy atom. The third kappa shape index (κ3) is 7.01. The molecule has 6 rings (SSSR count). The second-order valence-corrected chi connectivity index (χ2v) is 13.0. The molecule has 1 N–H and O–H groups in total. The van der Waals surface area contributed by atoms with Crippen molar-refractivity contribution in [3.8, 4) is 11.5 Å². The Hall–Kier alpha value is -3.52. The van der Waals surface area contributed by atoms with Gasteiger partial charge >= 0.3 is 0 Å². The van der Waals surface area contributed by atoms with Gasteiger partial charge in [0.25, 0.3) is 5.91 Å². The van der Waals surface area contributed by atoms with Crippen LogP contribution < -0.4 is 14.8 Å². The first-order valence-electron chi connectivity index (χ1n) is 15.6. The van der Waals surface area contributed by atoms with Crippen LogP contribution in [0.2, 0.25) is 10.0 Å². The van der Waals surface area contributed by atoms with E-state index >= 15 is 0 Å². The van der Waals surface area contributed by atoms with E-state index in [1.165, 1.54) is 16.7 Å². The maximum Gasteiger partial charge on any atom is 0.252 e. The molecule has 2 atom stereocenters. The van der Waals surface area contributed by atoms with Crippen LogP contribution in [-0.2, 0) is 16.1 Å². The molecule has 2 fully saturated rings. The fourth-order valence-electron chi connectivity index (χ4n) is 6.36. The number of hydrogen-bond acceptors (Lipinski definition) is 5. The van der Waals surface area contributed by atoms with Gasteiger partial charge in [0, 0.05) is 44.2 Å². The number of benzene rings is 3. The number of nitrogens with zero attached hydrogens (tertiary/aromatic N) is 2. The zero-order chi connectivity index (χ0) is 31.7. The smallest absolute Gasteiger partial charge is 0.252 e. The molecule has 1 saturated carbocycles. The third-order valence-electron chi connectivity index (χ3n) is 9.12. The third-order valence-corrected chi connectivity index (χ3v) is 9.92. The van der Waals surface area contributed by atoms with Gasteiger partial charge in [-0.1, -0.05) is 59.6 Å². The normalized spacial score (nSPS) is 19.4. The number of fused-ring (bicyclic) bond motifs is 2. The van der Waals surface area contributed by atoms with Gasteiger partial charge in [-0.2, -0.15) is 0 Å². The first-order valence-corrected chi connectivity index (χ1v) is 16.4. The van der Waals surface area contributed by atoms with Crippen molar-refractivity contribution in [3.05, 3.63) is 98.5 Å². The molecule has 7 nitrogen and oxygen atoms in total. The molecule has 2 aliphatic heterocycles. The summed E-state index contributed by atoms with van der Waals surface area (Å²) in [5.74, 6) is 1.33. The molecule has 45 heavy (non-hydrogen) atoms. The molecule has 2 heterocycles. The minimum atomic E-state index is -0.227. The van der Waals surface area contributed by atoms with Gasteiger partial charge in [0.05, 0.1) is 11.1 Å². The van der Waals surface area contributed by atoms with Crippen LogP contribution in [0.4, 0.5) is 0 Å². The molecule has 0 radical (unpaired) electrons. The van der Waals surface area contributed by atoms with E-state index in [1.54, 1.807) is 25.1 Å². The van der Waals surface area contributed by atoms with E-state index in [9.17, 15) is 9.59 Å². The first-order chi connectivity index (χ1) is 21.7. The van der Waals surface area contributed by atoms with Crippen molar-refractivity contribution in [2.24, 2.45) is 0 Å². The lowest BCUT2D eigenvalue weighted by Crippen LogP contribution is -2.61. The standard InChI is InChI=1S/C36H39Cl2N3O4/c1-22-6-4-7-26(23(22)2)19-41(28-12-13-28)36(43)34-30(18-27-20-40(24(3)42)21-32(34)39-27)25-10-14-29(15-11-25)44-16-17-45-33-9-5-8-31(37)35(33)38/h4-11,14-15,27-28,32,39H,12-13,16-21H2,1-3H3/t27?,32-/m1/s1. The summed E-state index contributed by atoms with van der Waals surface area (Å²) in [7, 11) is 0. The van der Waals surface area contributed by atoms with E-state index in [2.05, 4.69) is 42.3 Å². The number of amides is 2. The first kappa shape index (κ1) is 31.5. The lowest BCUT2D eigenvalue weighted by atomic mass is 9.82. The van der Waals surface area contributed by atoms with Gasteiger partial charge in [0.1, 0.15) is 29.7 Å². The number of carbonyl (C=O) groups excluding carboxylic acids is 2. The maximum absolute atomic E-state index is 14.6. The van der Waals surface area contributed by atoms with Crippen molar-refractivity contribution in [1.82, 2.24) is 15.1 Å². The van der Waals surface area contributed by atoms with Crippen LogP contribution in [-0.4, -0.2) is 66.0 Å². The van der Waals surface area contributed by atoms with Crippen molar-refractivity contribution in [2.45, 2.75) is 64.7 Å².